The van der Waals surface area contributed by atoms with Crippen LogP contribution in [0.4, 0.5) is 5.82 Å². The van der Waals surface area contributed by atoms with Gasteiger partial charge in [0.25, 0.3) is 5.91 Å². The zero-order chi connectivity index (χ0) is 20.8. The van der Waals surface area contributed by atoms with Crippen LogP contribution in [0.15, 0.2) is 17.5 Å². The third kappa shape index (κ3) is 3.52. The number of aromatic nitrogens is 2. The molecule has 0 aromatic carbocycles. The molecule has 0 spiro atoms. The largest absolute Gasteiger partial charge is 0.352 e. The Labute approximate surface area is 185 Å². The molecule has 158 valence electrons. The fraction of sp³-hybridized carbons (Fsp3) is 0.522. The Kier molecular flexibility index (Phi) is 5.27. The Morgan fingerprint density at radius 1 is 1.20 bits per heavy atom. The molecule has 1 aliphatic carbocycles. The predicted molar refractivity (Wildman–Crippen MR) is 125 cm³/mol. The number of hydrogen-bond acceptors (Lipinski definition) is 6. The minimum absolute atomic E-state index is 0.155. The number of carbonyl (C=O) groups is 1. The molecule has 0 saturated carbocycles. The van der Waals surface area contributed by atoms with E-state index in [4.69, 9.17) is 9.97 Å². The lowest BCUT2D eigenvalue weighted by Crippen LogP contribution is -2.49. The minimum atomic E-state index is 0.155. The maximum absolute atomic E-state index is 12.7. The Morgan fingerprint density at radius 3 is 2.70 bits per heavy atom. The predicted octanol–water partition coefficient (Wildman–Crippen LogP) is 4.96. The molecule has 3 aromatic rings. The summed E-state index contributed by atoms with van der Waals surface area (Å²) in [6.45, 7) is 9.80. The Morgan fingerprint density at radius 2 is 2.00 bits per heavy atom. The van der Waals surface area contributed by atoms with E-state index in [0.717, 1.165) is 66.3 Å². The maximum atomic E-state index is 12.7. The highest BCUT2D eigenvalue weighted by Crippen LogP contribution is 2.41. The van der Waals surface area contributed by atoms with E-state index in [1.807, 2.05) is 33.7 Å². The van der Waals surface area contributed by atoms with E-state index in [2.05, 4.69) is 25.7 Å². The molecule has 1 saturated heterocycles. The van der Waals surface area contributed by atoms with Gasteiger partial charge in [-0.2, -0.15) is 0 Å². The molecule has 1 amide bonds. The van der Waals surface area contributed by atoms with E-state index < -0.39 is 0 Å². The van der Waals surface area contributed by atoms with Gasteiger partial charge < -0.3 is 9.80 Å². The summed E-state index contributed by atoms with van der Waals surface area (Å²) in [4.78, 5) is 30.6. The van der Waals surface area contributed by atoms with Gasteiger partial charge in [0.15, 0.2) is 0 Å². The first-order valence-corrected chi connectivity index (χ1v) is 12.6. The molecule has 30 heavy (non-hydrogen) atoms. The van der Waals surface area contributed by atoms with E-state index in [-0.39, 0.29) is 5.91 Å². The highest BCUT2D eigenvalue weighted by atomic mass is 32.1. The number of nitrogens with zero attached hydrogens (tertiary/aromatic N) is 4. The molecule has 1 aliphatic heterocycles. The fourth-order valence-electron chi connectivity index (χ4n) is 4.50. The first-order valence-electron chi connectivity index (χ1n) is 10.9. The van der Waals surface area contributed by atoms with Crippen LogP contribution in [0.5, 0.6) is 0 Å². The fourth-order valence-corrected chi connectivity index (χ4v) is 6.58. The first-order chi connectivity index (χ1) is 14.5. The van der Waals surface area contributed by atoms with Crippen molar-refractivity contribution in [3.63, 3.8) is 0 Å². The van der Waals surface area contributed by atoms with Crippen LogP contribution in [0.3, 0.4) is 0 Å². The van der Waals surface area contributed by atoms with Crippen molar-refractivity contribution in [1.82, 2.24) is 14.9 Å². The molecular formula is C23H28N4OS2. The standard InChI is InChI=1S/C23H28N4OS2/c1-14(2)20-24-21(19-16-7-6-15(3)13-18(16)30-22(19)25-20)26-8-10-27(11-9-26)23(28)17-5-4-12-29-17/h4-5,12,14-15H,6-11,13H2,1-3H3. The molecule has 0 radical (unpaired) electrons. The van der Waals surface area contributed by atoms with Crippen LogP contribution in [0.2, 0.25) is 0 Å². The van der Waals surface area contributed by atoms with E-state index in [1.165, 1.54) is 33.6 Å². The van der Waals surface area contributed by atoms with Crippen LogP contribution in [0.1, 0.15) is 59.0 Å². The number of rotatable bonds is 3. The van der Waals surface area contributed by atoms with Crippen molar-refractivity contribution in [1.29, 1.82) is 0 Å². The summed E-state index contributed by atoms with van der Waals surface area (Å²) in [7, 11) is 0. The number of aryl methyl sites for hydroxylation is 1. The number of fused-ring (bicyclic) bond motifs is 3. The van der Waals surface area contributed by atoms with Gasteiger partial charge in [-0.25, -0.2) is 9.97 Å². The topological polar surface area (TPSA) is 49.3 Å². The van der Waals surface area contributed by atoms with Gasteiger partial charge in [-0.3, -0.25) is 4.79 Å². The summed E-state index contributed by atoms with van der Waals surface area (Å²) in [5.41, 5.74) is 1.48. The summed E-state index contributed by atoms with van der Waals surface area (Å²) >= 11 is 3.40. The van der Waals surface area contributed by atoms with E-state index in [0.29, 0.717) is 5.92 Å². The molecule has 1 atom stereocenters. The van der Waals surface area contributed by atoms with Gasteiger partial charge in [-0.05, 0) is 42.2 Å². The number of thiophene rings is 2. The Hall–Kier alpha value is -1.99. The summed E-state index contributed by atoms with van der Waals surface area (Å²) in [5, 5.41) is 3.25. The number of anilines is 1. The smallest absolute Gasteiger partial charge is 0.264 e. The lowest BCUT2D eigenvalue weighted by Gasteiger charge is -2.36. The highest BCUT2D eigenvalue weighted by Gasteiger charge is 2.29. The second kappa shape index (κ2) is 7.93. The molecule has 5 nitrogen and oxygen atoms in total. The van der Waals surface area contributed by atoms with Crippen molar-refractivity contribution >= 4 is 44.6 Å². The molecular weight excluding hydrogens is 412 g/mol. The summed E-state index contributed by atoms with van der Waals surface area (Å²) in [6, 6.07) is 3.86. The van der Waals surface area contributed by atoms with E-state index in [1.54, 1.807) is 0 Å². The number of carbonyl (C=O) groups excluding carboxylic acids is 1. The van der Waals surface area contributed by atoms with Crippen molar-refractivity contribution in [3.8, 4) is 0 Å². The molecule has 5 rings (SSSR count). The minimum Gasteiger partial charge on any atom is -0.352 e. The molecule has 1 fully saturated rings. The van der Waals surface area contributed by atoms with Crippen LogP contribution in [-0.4, -0.2) is 47.0 Å². The zero-order valence-electron chi connectivity index (χ0n) is 17.9. The lowest BCUT2D eigenvalue weighted by atomic mass is 9.89. The molecule has 1 unspecified atom stereocenters. The van der Waals surface area contributed by atoms with Gasteiger partial charge in [-0.1, -0.05) is 26.8 Å². The van der Waals surface area contributed by atoms with E-state index in [9.17, 15) is 4.79 Å². The van der Waals surface area contributed by atoms with Gasteiger partial charge in [-0.15, -0.1) is 22.7 Å². The van der Waals surface area contributed by atoms with Crippen LogP contribution < -0.4 is 4.90 Å². The maximum Gasteiger partial charge on any atom is 0.264 e. The molecule has 7 heteroatoms. The first kappa shape index (κ1) is 19.9. The monoisotopic (exact) mass is 440 g/mol. The van der Waals surface area contributed by atoms with Crippen molar-refractivity contribution in [3.05, 3.63) is 38.7 Å². The van der Waals surface area contributed by atoms with Crippen molar-refractivity contribution in [2.24, 2.45) is 5.92 Å². The van der Waals surface area contributed by atoms with Crippen molar-refractivity contribution in [2.75, 3.05) is 31.1 Å². The van der Waals surface area contributed by atoms with Gasteiger partial charge in [0.2, 0.25) is 0 Å². The molecule has 4 heterocycles. The zero-order valence-corrected chi connectivity index (χ0v) is 19.5. The molecule has 0 N–H and O–H groups in total. The lowest BCUT2D eigenvalue weighted by molar-refractivity contribution is 0.0751. The quantitative estimate of drug-likeness (QED) is 0.577. The average molecular weight is 441 g/mol. The highest BCUT2D eigenvalue weighted by molar-refractivity contribution is 7.19. The summed E-state index contributed by atoms with van der Waals surface area (Å²) in [6.07, 6.45) is 3.54. The molecule has 0 bridgehead atoms. The number of amides is 1. The van der Waals surface area contributed by atoms with Crippen molar-refractivity contribution < 1.29 is 4.79 Å². The number of piperazine rings is 1. The van der Waals surface area contributed by atoms with Crippen LogP contribution in [0.25, 0.3) is 10.2 Å². The van der Waals surface area contributed by atoms with Gasteiger partial charge in [0, 0.05) is 37.0 Å². The van der Waals surface area contributed by atoms with Crippen LogP contribution in [0, 0.1) is 5.92 Å². The molecule has 3 aromatic heterocycles. The van der Waals surface area contributed by atoms with Crippen molar-refractivity contribution in [2.45, 2.75) is 46.0 Å². The number of hydrogen-bond donors (Lipinski definition) is 0. The van der Waals surface area contributed by atoms with Crippen LogP contribution in [-0.2, 0) is 12.8 Å². The van der Waals surface area contributed by atoms with Crippen LogP contribution >= 0.6 is 22.7 Å². The third-order valence-electron chi connectivity index (χ3n) is 6.27. The van der Waals surface area contributed by atoms with E-state index >= 15 is 0 Å². The van der Waals surface area contributed by atoms with Gasteiger partial charge >= 0.3 is 0 Å². The summed E-state index contributed by atoms with van der Waals surface area (Å²) in [5.74, 6) is 3.23. The SMILES string of the molecule is CC1CCc2c(sc3nc(C(C)C)nc(N4CCN(C(=O)c5cccs5)CC4)c23)C1. The average Bonchev–Trinajstić information content (AvgIpc) is 3.40. The summed E-state index contributed by atoms with van der Waals surface area (Å²) < 4.78 is 0. The Balaban J connectivity index is 1.47. The molecule has 2 aliphatic rings. The van der Waals surface area contributed by atoms with Gasteiger partial charge in [0.05, 0.1) is 10.3 Å². The van der Waals surface area contributed by atoms with Gasteiger partial charge in [0.1, 0.15) is 16.5 Å². The second-order valence-electron chi connectivity index (χ2n) is 8.85. The second-order valence-corrected chi connectivity index (χ2v) is 10.9. The third-order valence-corrected chi connectivity index (χ3v) is 8.27. The Bertz CT molecular complexity index is 1060. The normalized spacial score (nSPS) is 19.5.